The van der Waals surface area contributed by atoms with Crippen molar-refractivity contribution in [1.29, 1.82) is 0 Å². The van der Waals surface area contributed by atoms with Gasteiger partial charge in [-0.05, 0) is 49.1 Å². The Balaban J connectivity index is 2.36. The summed E-state index contributed by atoms with van der Waals surface area (Å²) in [7, 11) is 0. The lowest BCUT2D eigenvalue weighted by atomic mass is 10.1. The quantitative estimate of drug-likeness (QED) is 0.725. The van der Waals surface area contributed by atoms with Crippen molar-refractivity contribution in [2.75, 3.05) is 18.1 Å². The zero-order chi connectivity index (χ0) is 12.7. The number of halogens is 2. The first-order valence-corrected chi connectivity index (χ1v) is 7.82. The molecule has 1 nitrogen and oxygen atoms in total. The van der Waals surface area contributed by atoms with Gasteiger partial charge in [-0.3, -0.25) is 0 Å². The maximum atomic E-state index is 6.00. The highest BCUT2D eigenvalue weighted by molar-refractivity contribution is 7.99. The van der Waals surface area contributed by atoms with Crippen molar-refractivity contribution in [2.24, 2.45) is 0 Å². The predicted octanol–water partition coefficient (Wildman–Crippen LogP) is 4.79. The lowest BCUT2D eigenvalue weighted by molar-refractivity contribution is 0.572. The van der Waals surface area contributed by atoms with Gasteiger partial charge < -0.3 is 5.32 Å². The number of hydrogen-bond acceptors (Lipinski definition) is 2. The molecular formula is C13H19Cl2NS. The van der Waals surface area contributed by atoms with Crippen molar-refractivity contribution in [3.05, 3.63) is 33.8 Å². The summed E-state index contributed by atoms with van der Waals surface area (Å²) >= 11 is 13.9. The monoisotopic (exact) mass is 291 g/mol. The number of thioether (sulfide) groups is 1. The average molecular weight is 292 g/mol. The minimum Gasteiger partial charge on any atom is -0.310 e. The van der Waals surface area contributed by atoms with Gasteiger partial charge in [0.25, 0.3) is 0 Å². The van der Waals surface area contributed by atoms with E-state index in [4.69, 9.17) is 23.2 Å². The SMILES string of the molecule is CCSCCCNC(C)c1ccc(Cl)c(Cl)c1. The molecule has 0 spiro atoms. The molecule has 0 aliphatic carbocycles. The van der Waals surface area contributed by atoms with Gasteiger partial charge >= 0.3 is 0 Å². The van der Waals surface area contributed by atoms with Crippen LogP contribution in [-0.4, -0.2) is 18.1 Å². The lowest BCUT2D eigenvalue weighted by Gasteiger charge is -2.14. The Labute approximate surface area is 118 Å². The van der Waals surface area contributed by atoms with Gasteiger partial charge in [0.15, 0.2) is 0 Å². The third-order valence-corrected chi connectivity index (χ3v) is 4.29. The number of nitrogens with one attached hydrogen (secondary N) is 1. The molecule has 4 heteroatoms. The molecule has 1 rings (SSSR count). The molecule has 0 aliphatic heterocycles. The second-order valence-corrected chi connectivity index (χ2v) is 6.11. The van der Waals surface area contributed by atoms with Gasteiger partial charge in [0.05, 0.1) is 10.0 Å². The molecule has 0 fully saturated rings. The minimum absolute atomic E-state index is 0.316. The second-order valence-electron chi connectivity index (χ2n) is 3.90. The summed E-state index contributed by atoms with van der Waals surface area (Å²) in [6, 6.07) is 6.12. The normalized spacial score (nSPS) is 12.7. The number of rotatable bonds is 7. The number of benzene rings is 1. The van der Waals surface area contributed by atoms with Crippen LogP contribution < -0.4 is 5.32 Å². The molecule has 1 atom stereocenters. The van der Waals surface area contributed by atoms with Gasteiger partial charge in [-0.1, -0.05) is 36.2 Å². The maximum Gasteiger partial charge on any atom is 0.0595 e. The molecule has 0 amide bonds. The van der Waals surface area contributed by atoms with Gasteiger partial charge in [0, 0.05) is 6.04 Å². The highest BCUT2D eigenvalue weighted by Crippen LogP contribution is 2.25. The smallest absolute Gasteiger partial charge is 0.0595 e. The molecule has 0 saturated heterocycles. The summed E-state index contributed by atoms with van der Waals surface area (Å²) in [6.07, 6.45) is 1.20. The molecule has 96 valence electrons. The van der Waals surface area contributed by atoms with Crippen LogP contribution in [-0.2, 0) is 0 Å². The fraction of sp³-hybridized carbons (Fsp3) is 0.538. The maximum absolute atomic E-state index is 6.00. The summed E-state index contributed by atoms with van der Waals surface area (Å²) in [4.78, 5) is 0. The molecule has 0 radical (unpaired) electrons. The Kier molecular flexibility index (Phi) is 7.36. The Bertz CT molecular complexity index is 344. The Morgan fingerprint density at radius 3 is 2.71 bits per heavy atom. The van der Waals surface area contributed by atoms with Gasteiger partial charge in [-0.15, -0.1) is 0 Å². The molecular weight excluding hydrogens is 273 g/mol. The van der Waals surface area contributed by atoms with E-state index < -0.39 is 0 Å². The van der Waals surface area contributed by atoms with E-state index in [9.17, 15) is 0 Å². The Morgan fingerprint density at radius 1 is 1.29 bits per heavy atom. The summed E-state index contributed by atoms with van der Waals surface area (Å²) < 4.78 is 0. The molecule has 0 bridgehead atoms. The van der Waals surface area contributed by atoms with Crippen molar-refractivity contribution < 1.29 is 0 Å². The molecule has 0 saturated carbocycles. The van der Waals surface area contributed by atoms with E-state index in [0.717, 1.165) is 6.54 Å². The first-order valence-electron chi connectivity index (χ1n) is 5.91. The van der Waals surface area contributed by atoms with Gasteiger partial charge in [-0.2, -0.15) is 11.8 Å². The van der Waals surface area contributed by atoms with Crippen LogP contribution in [0.15, 0.2) is 18.2 Å². The summed E-state index contributed by atoms with van der Waals surface area (Å²) in [5, 5.41) is 4.73. The van der Waals surface area contributed by atoms with E-state index in [1.165, 1.54) is 23.5 Å². The molecule has 0 heterocycles. The Morgan fingerprint density at radius 2 is 2.06 bits per heavy atom. The van der Waals surface area contributed by atoms with Crippen LogP contribution in [0.2, 0.25) is 10.0 Å². The number of hydrogen-bond donors (Lipinski definition) is 1. The highest BCUT2D eigenvalue weighted by Gasteiger charge is 2.06. The van der Waals surface area contributed by atoms with Crippen molar-refractivity contribution in [1.82, 2.24) is 5.32 Å². The first-order chi connectivity index (χ1) is 8.15. The van der Waals surface area contributed by atoms with Crippen molar-refractivity contribution in [3.8, 4) is 0 Å². The topological polar surface area (TPSA) is 12.0 Å². The van der Waals surface area contributed by atoms with Crippen LogP contribution in [0.25, 0.3) is 0 Å². The fourth-order valence-electron chi connectivity index (χ4n) is 1.54. The summed E-state index contributed by atoms with van der Waals surface area (Å²) in [5.41, 5.74) is 1.18. The highest BCUT2D eigenvalue weighted by atomic mass is 35.5. The van der Waals surface area contributed by atoms with Crippen LogP contribution in [0, 0.1) is 0 Å². The third-order valence-electron chi connectivity index (χ3n) is 2.56. The average Bonchev–Trinajstić information content (AvgIpc) is 2.32. The molecule has 17 heavy (non-hydrogen) atoms. The lowest BCUT2D eigenvalue weighted by Crippen LogP contribution is -2.20. The van der Waals surface area contributed by atoms with E-state index in [0.29, 0.717) is 16.1 Å². The largest absolute Gasteiger partial charge is 0.310 e. The second kappa shape index (κ2) is 8.25. The van der Waals surface area contributed by atoms with E-state index in [-0.39, 0.29) is 0 Å². The van der Waals surface area contributed by atoms with E-state index in [1.54, 1.807) is 0 Å². The van der Waals surface area contributed by atoms with Crippen molar-refractivity contribution in [2.45, 2.75) is 26.3 Å². The Hall–Kier alpha value is 0.110. The standard InChI is InChI=1S/C13H19Cl2NS/c1-3-17-8-4-7-16-10(2)11-5-6-12(14)13(15)9-11/h5-6,9-10,16H,3-4,7-8H2,1-2H3. The van der Waals surface area contributed by atoms with Crippen LogP contribution >= 0.6 is 35.0 Å². The molecule has 0 aromatic heterocycles. The van der Waals surface area contributed by atoms with Crippen LogP contribution in [0.1, 0.15) is 31.9 Å². The molecule has 1 N–H and O–H groups in total. The van der Waals surface area contributed by atoms with Crippen molar-refractivity contribution in [3.63, 3.8) is 0 Å². The molecule has 1 aromatic carbocycles. The third kappa shape index (κ3) is 5.52. The van der Waals surface area contributed by atoms with Crippen molar-refractivity contribution >= 4 is 35.0 Å². The zero-order valence-electron chi connectivity index (χ0n) is 10.3. The van der Waals surface area contributed by atoms with Crippen LogP contribution in [0.3, 0.4) is 0 Å². The van der Waals surface area contributed by atoms with Gasteiger partial charge in [-0.25, -0.2) is 0 Å². The first kappa shape index (κ1) is 15.2. The summed E-state index contributed by atoms with van der Waals surface area (Å²) in [5.74, 6) is 2.42. The van der Waals surface area contributed by atoms with Gasteiger partial charge in [0.1, 0.15) is 0 Å². The van der Waals surface area contributed by atoms with Gasteiger partial charge in [0.2, 0.25) is 0 Å². The van der Waals surface area contributed by atoms with Crippen LogP contribution in [0.4, 0.5) is 0 Å². The predicted molar refractivity (Wildman–Crippen MR) is 80.5 cm³/mol. The fourth-order valence-corrected chi connectivity index (χ4v) is 2.48. The van der Waals surface area contributed by atoms with E-state index in [2.05, 4.69) is 19.2 Å². The summed E-state index contributed by atoms with van der Waals surface area (Å²) in [6.45, 7) is 5.37. The van der Waals surface area contributed by atoms with E-state index in [1.807, 2.05) is 30.0 Å². The zero-order valence-corrected chi connectivity index (χ0v) is 12.6. The van der Waals surface area contributed by atoms with Crippen LogP contribution in [0.5, 0.6) is 0 Å². The molecule has 1 unspecified atom stereocenters. The molecule has 1 aromatic rings. The molecule has 0 aliphatic rings. The minimum atomic E-state index is 0.316. The van der Waals surface area contributed by atoms with E-state index >= 15 is 0 Å².